The number of hydrogen-bond acceptors (Lipinski definition) is 6. The number of carbonyl (C=O) groups is 1. The first-order chi connectivity index (χ1) is 19.8. The van der Waals surface area contributed by atoms with Gasteiger partial charge < -0.3 is 25.2 Å². The molecule has 0 aliphatic heterocycles. The Hall–Kier alpha value is -3.95. The maximum absolute atomic E-state index is 13.7. The number of phenolic OH excluding ortho intramolecular Hbond substituents is 3. The van der Waals surface area contributed by atoms with E-state index in [9.17, 15) is 25.2 Å². The summed E-state index contributed by atoms with van der Waals surface area (Å²) in [5.41, 5.74) is 2.41. The van der Waals surface area contributed by atoms with Crippen LogP contribution in [0.25, 0.3) is 0 Å². The Morgan fingerprint density at radius 2 is 1.63 bits per heavy atom. The van der Waals surface area contributed by atoms with E-state index in [1.807, 2.05) is 30.3 Å². The van der Waals surface area contributed by atoms with Gasteiger partial charge in [0, 0.05) is 42.4 Å². The number of benzene rings is 3. The fourth-order valence-corrected chi connectivity index (χ4v) is 7.00. The minimum absolute atomic E-state index is 0.0158. The molecule has 0 radical (unpaired) electrons. The summed E-state index contributed by atoms with van der Waals surface area (Å²) in [6.07, 6.45) is 3.98. The van der Waals surface area contributed by atoms with Gasteiger partial charge in [-0.05, 0) is 60.2 Å². The molecular formula is C35H38O6. The molecule has 3 aromatic carbocycles. The van der Waals surface area contributed by atoms with Gasteiger partial charge in [-0.2, -0.15) is 0 Å². The SMILES string of the molecule is COc1cc([C@H]2CC(=O)C[C@H](O)[C@H](C3(c4ccc(O)c(O)c4)CCCC3)CC#C[C@H]2Cc2ccccc2)ccc1O. The Labute approximate surface area is 241 Å². The Bertz CT molecular complexity index is 1430. The van der Waals surface area contributed by atoms with Crippen LogP contribution in [0, 0.1) is 23.7 Å². The Morgan fingerprint density at radius 1 is 0.902 bits per heavy atom. The Balaban J connectivity index is 1.56. The third kappa shape index (κ3) is 6.06. The van der Waals surface area contributed by atoms with Crippen molar-refractivity contribution >= 4 is 5.78 Å². The molecule has 2 aliphatic carbocycles. The molecule has 1 fully saturated rings. The smallest absolute Gasteiger partial charge is 0.160 e. The highest BCUT2D eigenvalue weighted by molar-refractivity contribution is 5.80. The summed E-state index contributed by atoms with van der Waals surface area (Å²) in [4.78, 5) is 13.7. The van der Waals surface area contributed by atoms with E-state index < -0.39 is 11.5 Å². The van der Waals surface area contributed by atoms with E-state index in [0.29, 0.717) is 18.6 Å². The van der Waals surface area contributed by atoms with Crippen molar-refractivity contribution in [2.45, 2.75) is 68.8 Å². The summed E-state index contributed by atoms with van der Waals surface area (Å²) in [5, 5.41) is 42.1. The summed E-state index contributed by atoms with van der Waals surface area (Å²) >= 11 is 0. The predicted octanol–water partition coefficient (Wildman–Crippen LogP) is 6.00. The average Bonchev–Trinajstić information content (AvgIpc) is 3.46. The molecule has 1 saturated carbocycles. The van der Waals surface area contributed by atoms with Crippen LogP contribution < -0.4 is 4.74 Å². The fourth-order valence-electron chi connectivity index (χ4n) is 7.00. The molecule has 0 amide bonds. The number of phenols is 3. The molecule has 4 N–H and O–H groups in total. The van der Waals surface area contributed by atoms with E-state index in [2.05, 4.69) is 24.0 Å². The van der Waals surface area contributed by atoms with Gasteiger partial charge in [-0.15, -0.1) is 5.92 Å². The second-order valence-electron chi connectivity index (χ2n) is 11.5. The standard InChI is InChI=1S/C35H38O6/c1-41-34-19-25(12-14-31(34)38)28-21-27(36)22-32(39)29(11-7-10-24(28)18-23-8-3-2-4-9-23)35(16-5-6-17-35)26-13-15-30(37)33(40)20-26/h2-4,8-9,12-15,19-20,24,28-29,32,37-40H,5-6,11,16-18,21-22H2,1H3/t24-,28-,29+,32-/m0/s1. The van der Waals surface area contributed by atoms with Crippen molar-refractivity contribution in [2.24, 2.45) is 11.8 Å². The zero-order chi connectivity index (χ0) is 29.0. The molecule has 0 spiro atoms. The van der Waals surface area contributed by atoms with Gasteiger partial charge in [0.25, 0.3) is 0 Å². The van der Waals surface area contributed by atoms with Crippen molar-refractivity contribution in [3.8, 4) is 34.8 Å². The minimum atomic E-state index is -0.897. The van der Waals surface area contributed by atoms with Crippen molar-refractivity contribution in [1.82, 2.24) is 0 Å². The first-order valence-electron chi connectivity index (χ1n) is 14.4. The van der Waals surface area contributed by atoms with E-state index in [-0.39, 0.29) is 53.6 Å². The lowest BCUT2D eigenvalue weighted by atomic mass is 9.64. The maximum Gasteiger partial charge on any atom is 0.160 e. The van der Waals surface area contributed by atoms with Crippen LogP contribution in [-0.4, -0.2) is 39.4 Å². The summed E-state index contributed by atoms with van der Waals surface area (Å²) in [7, 11) is 1.50. The Kier molecular flexibility index (Phi) is 8.56. The van der Waals surface area contributed by atoms with Gasteiger partial charge in [-0.1, -0.05) is 61.2 Å². The van der Waals surface area contributed by atoms with E-state index in [1.54, 1.807) is 18.2 Å². The molecule has 41 heavy (non-hydrogen) atoms. The second kappa shape index (κ2) is 12.3. The molecule has 4 atom stereocenters. The van der Waals surface area contributed by atoms with Gasteiger partial charge in [-0.3, -0.25) is 4.79 Å². The molecule has 0 heterocycles. The van der Waals surface area contributed by atoms with Crippen LogP contribution in [0.1, 0.15) is 67.6 Å². The molecule has 0 saturated heterocycles. The fraction of sp³-hybridized carbons (Fsp3) is 0.400. The molecule has 0 aromatic heterocycles. The lowest BCUT2D eigenvalue weighted by Gasteiger charge is -2.40. The maximum atomic E-state index is 13.7. The van der Waals surface area contributed by atoms with Crippen molar-refractivity contribution < 1.29 is 30.0 Å². The summed E-state index contributed by atoms with van der Waals surface area (Å²) < 4.78 is 5.37. The molecule has 3 aromatic rings. The average molecular weight is 555 g/mol. The van der Waals surface area contributed by atoms with Crippen molar-refractivity contribution in [2.75, 3.05) is 7.11 Å². The van der Waals surface area contributed by atoms with E-state index >= 15 is 0 Å². The first-order valence-corrected chi connectivity index (χ1v) is 14.4. The van der Waals surface area contributed by atoms with Crippen LogP contribution in [-0.2, 0) is 16.6 Å². The highest BCUT2D eigenvalue weighted by Gasteiger charge is 2.46. The lowest BCUT2D eigenvalue weighted by molar-refractivity contribution is -0.122. The quantitative estimate of drug-likeness (QED) is 0.220. The van der Waals surface area contributed by atoms with Gasteiger partial charge in [0.1, 0.15) is 5.78 Å². The topological polar surface area (TPSA) is 107 Å². The highest BCUT2D eigenvalue weighted by Crippen LogP contribution is 2.51. The zero-order valence-corrected chi connectivity index (χ0v) is 23.4. The molecule has 5 rings (SSSR count). The van der Waals surface area contributed by atoms with Crippen molar-refractivity contribution in [3.05, 3.63) is 83.4 Å². The number of aromatic hydroxyl groups is 3. The summed E-state index contributed by atoms with van der Waals surface area (Å²) in [5.74, 6) is 6.22. The van der Waals surface area contributed by atoms with Crippen LogP contribution in [0.4, 0.5) is 0 Å². The number of carbonyl (C=O) groups excluding carboxylic acids is 1. The number of methoxy groups -OCH3 is 1. The van der Waals surface area contributed by atoms with E-state index in [1.165, 1.54) is 13.2 Å². The third-order valence-corrected chi connectivity index (χ3v) is 9.13. The van der Waals surface area contributed by atoms with Crippen LogP contribution in [0.5, 0.6) is 23.0 Å². The molecule has 6 heteroatoms. The van der Waals surface area contributed by atoms with E-state index in [4.69, 9.17) is 4.74 Å². The minimum Gasteiger partial charge on any atom is -0.504 e. The third-order valence-electron chi connectivity index (χ3n) is 9.13. The number of rotatable bonds is 6. The molecular weight excluding hydrogens is 516 g/mol. The molecule has 214 valence electrons. The van der Waals surface area contributed by atoms with E-state index in [0.717, 1.165) is 42.4 Å². The monoisotopic (exact) mass is 554 g/mol. The van der Waals surface area contributed by atoms with Crippen molar-refractivity contribution in [3.63, 3.8) is 0 Å². The van der Waals surface area contributed by atoms with Crippen LogP contribution in [0.15, 0.2) is 66.7 Å². The molecule has 0 bridgehead atoms. The van der Waals surface area contributed by atoms with Gasteiger partial charge in [0.05, 0.1) is 13.2 Å². The van der Waals surface area contributed by atoms with Gasteiger partial charge >= 0.3 is 0 Å². The number of ketones is 1. The normalized spacial score (nSPS) is 24.3. The second-order valence-corrected chi connectivity index (χ2v) is 11.5. The number of Topliss-reactive ketones (excluding diaryl/α,β-unsaturated/α-hetero) is 1. The van der Waals surface area contributed by atoms with Gasteiger partial charge in [0.15, 0.2) is 23.0 Å². The van der Waals surface area contributed by atoms with Gasteiger partial charge in [-0.25, -0.2) is 0 Å². The van der Waals surface area contributed by atoms with Gasteiger partial charge in [0.2, 0.25) is 0 Å². The highest BCUT2D eigenvalue weighted by atomic mass is 16.5. The number of ether oxygens (including phenoxy) is 1. The zero-order valence-electron chi connectivity index (χ0n) is 23.4. The number of hydrogen-bond donors (Lipinski definition) is 4. The summed E-state index contributed by atoms with van der Waals surface area (Å²) in [6.45, 7) is 0. The van der Waals surface area contributed by atoms with Crippen LogP contribution in [0.3, 0.4) is 0 Å². The molecule has 0 unspecified atom stereocenters. The molecule has 2 aliphatic rings. The first kappa shape index (κ1) is 28.6. The van der Waals surface area contributed by atoms with Crippen LogP contribution in [0.2, 0.25) is 0 Å². The van der Waals surface area contributed by atoms with Crippen LogP contribution >= 0.6 is 0 Å². The number of aliphatic hydroxyl groups excluding tert-OH is 1. The Morgan fingerprint density at radius 3 is 2.34 bits per heavy atom. The number of aliphatic hydroxyl groups is 1. The predicted molar refractivity (Wildman–Crippen MR) is 157 cm³/mol. The lowest BCUT2D eigenvalue weighted by Crippen LogP contribution is -2.41. The van der Waals surface area contributed by atoms with Crippen molar-refractivity contribution in [1.29, 1.82) is 0 Å². The molecule has 6 nitrogen and oxygen atoms in total. The largest absolute Gasteiger partial charge is 0.504 e. The summed E-state index contributed by atoms with van der Waals surface area (Å²) in [6, 6.07) is 20.2.